The summed E-state index contributed by atoms with van der Waals surface area (Å²) in [5.74, 6) is 0.147. The van der Waals surface area contributed by atoms with Crippen LogP contribution in [0.25, 0.3) is 16.5 Å². The summed E-state index contributed by atoms with van der Waals surface area (Å²) in [4.78, 5) is 22.2. The van der Waals surface area contributed by atoms with Gasteiger partial charge in [0.15, 0.2) is 11.6 Å². The van der Waals surface area contributed by atoms with Crippen LogP contribution < -0.4 is 15.6 Å². The van der Waals surface area contributed by atoms with Crippen LogP contribution in [-0.2, 0) is 22.3 Å². The number of carbonyl (C=O) groups is 1. The Kier molecular flexibility index (Phi) is 11.3. The zero-order chi connectivity index (χ0) is 34.7. The second-order valence-electron chi connectivity index (χ2n) is 11.1. The highest BCUT2D eigenvalue weighted by molar-refractivity contribution is 6.01. The molecule has 10 nitrogen and oxygen atoms in total. The van der Waals surface area contributed by atoms with Gasteiger partial charge in [-0.15, -0.1) is 0 Å². The van der Waals surface area contributed by atoms with Crippen LogP contribution in [0.5, 0.6) is 5.75 Å². The lowest BCUT2D eigenvalue weighted by Gasteiger charge is -2.30. The highest BCUT2D eigenvalue weighted by Crippen LogP contribution is 2.45. The summed E-state index contributed by atoms with van der Waals surface area (Å²) < 4.78 is 51.3. The molecule has 1 heterocycles. The quantitative estimate of drug-likeness (QED) is 0.0417. The maximum atomic E-state index is 14.3. The monoisotopic (exact) mass is 670 g/mol. The molecule has 0 aliphatic carbocycles. The van der Waals surface area contributed by atoms with Gasteiger partial charge in [-0.2, -0.15) is 13.2 Å². The first kappa shape index (κ1) is 34.7. The van der Waals surface area contributed by atoms with Crippen LogP contribution in [0.15, 0.2) is 119 Å². The summed E-state index contributed by atoms with van der Waals surface area (Å²) in [5.41, 5.74) is 15.0. The number of hydrazine groups is 1. The Morgan fingerprint density at radius 2 is 1.73 bits per heavy atom. The number of nitrogens with zero attached hydrogens (tertiary/aromatic N) is 4. The van der Waals surface area contributed by atoms with Crippen molar-refractivity contribution in [2.75, 3.05) is 13.2 Å². The van der Waals surface area contributed by atoms with E-state index in [-0.39, 0.29) is 31.2 Å². The van der Waals surface area contributed by atoms with E-state index in [4.69, 9.17) is 19.6 Å². The molecule has 0 fully saturated rings. The van der Waals surface area contributed by atoms with Gasteiger partial charge in [-0.1, -0.05) is 84.0 Å². The predicted molar refractivity (Wildman–Crippen MR) is 179 cm³/mol. The molecule has 0 radical (unpaired) electrons. The minimum Gasteiger partial charge on any atom is -0.494 e. The zero-order valence-corrected chi connectivity index (χ0v) is 26.2. The number of halogens is 3. The van der Waals surface area contributed by atoms with Gasteiger partial charge < -0.3 is 14.6 Å². The third-order valence-electron chi connectivity index (χ3n) is 7.72. The fourth-order valence-electron chi connectivity index (χ4n) is 5.23. The third kappa shape index (κ3) is 8.65. The number of hydrogen-bond donors (Lipinski definition) is 3. The molecule has 1 aliphatic rings. The van der Waals surface area contributed by atoms with Gasteiger partial charge in [0, 0.05) is 47.7 Å². The lowest BCUT2D eigenvalue weighted by Crippen LogP contribution is -2.52. The predicted octanol–water partition coefficient (Wildman–Crippen LogP) is 7.59. The molecule has 2 atom stereocenters. The molecule has 5 rings (SSSR count). The van der Waals surface area contributed by atoms with Gasteiger partial charge in [-0.25, -0.2) is 10.4 Å². The SMILES string of the molecule is [N-]=[N+]=Nc1ccccc1[C@@H]1OC(c2ccc(OCCCO)cc2)=N[C@]1(C/C=C/c1ccccc1)C(=O)NNCc1ccc(C(F)(F)F)cc1. The lowest BCUT2D eigenvalue weighted by molar-refractivity contribution is -0.137. The van der Waals surface area contributed by atoms with Crippen LogP contribution in [-0.4, -0.2) is 35.7 Å². The minimum absolute atomic E-state index is 0.00347. The summed E-state index contributed by atoms with van der Waals surface area (Å²) in [6.45, 7) is 0.362. The van der Waals surface area contributed by atoms with E-state index in [0.717, 1.165) is 17.7 Å². The smallest absolute Gasteiger partial charge is 0.416 e. The van der Waals surface area contributed by atoms with E-state index in [2.05, 4.69) is 20.9 Å². The first-order chi connectivity index (χ1) is 23.7. The van der Waals surface area contributed by atoms with Gasteiger partial charge in [-0.3, -0.25) is 10.2 Å². The molecule has 0 unspecified atom stereocenters. The molecule has 49 heavy (non-hydrogen) atoms. The van der Waals surface area contributed by atoms with Crippen LogP contribution in [0.4, 0.5) is 18.9 Å². The van der Waals surface area contributed by atoms with Gasteiger partial charge in [-0.05, 0) is 53.1 Å². The molecule has 0 bridgehead atoms. The van der Waals surface area contributed by atoms with Gasteiger partial charge in [0.25, 0.3) is 5.91 Å². The van der Waals surface area contributed by atoms with Crippen LogP contribution in [0, 0.1) is 0 Å². The van der Waals surface area contributed by atoms with E-state index < -0.39 is 29.3 Å². The Hall–Kier alpha value is -5.62. The molecule has 0 saturated heterocycles. The Bertz CT molecular complexity index is 1830. The first-order valence-corrected chi connectivity index (χ1v) is 15.4. The highest BCUT2D eigenvalue weighted by atomic mass is 19.4. The number of azide groups is 1. The van der Waals surface area contributed by atoms with Crippen molar-refractivity contribution in [3.63, 3.8) is 0 Å². The lowest BCUT2D eigenvalue weighted by atomic mass is 9.83. The average molecular weight is 671 g/mol. The standard InChI is InChI=1S/C36H33F3N6O4/c37-36(38,39)28-17-13-26(14-18-28)24-41-44-34(47)35(21-6-10-25-8-2-1-3-9-25)32(30-11-4-5-12-31(30)43-45-40)49-33(42-35)27-15-19-29(20-16-27)48-23-7-22-46/h1-6,8-20,32,41,46H,7,21-24H2,(H,44,47)/b10-6+/t32-,35-/m0/s1. The third-order valence-corrected chi connectivity index (χ3v) is 7.72. The van der Waals surface area contributed by atoms with E-state index in [1.807, 2.05) is 42.5 Å². The molecule has 252 valence electrons. The van der Waals surface area contributed by atoms with Crippen LogP contribution in [0.1, 0.15) is 46.8 Å². The molecular formula is C36H33F3N6O4. The normalized spacial score (nSPS) is 17.2. The molecule has 4 aromatic rings. The molecule has 0 aromatic heterocycles. The minimum atomic E-state index is -4.47. The van der Waals surface area contributed by atoms with E-state index in [1.165, 1.54) is 12.1 Å². The molecule has 0 saturated carbocycles. The number of ether oxygens (including phenoxy) is 2. The summed E-state index contributed by atoms with van der Waals surface area (Å²) in [7, 11) is 0. The van der Waals surface area contributed by atoms with Crippen molar-refractivity contribution in [1.82, 2.24) is 10.9 Å². The number of hydrogen-bond acceptors (Lipinski definition) is 7. The Morgan fingerprint density at radius 3 is 2.43 bits per heavy atom. The van der Waals surface area contributed by atoms with Crippen molar-refractivity contribution in [1.29, 1.82) is 0 Å². The second-order valence-corrected chi connectivity index (χ2v) is 11.1. The van der Waals surface area contributed by atoms with E-state index in [9.17, 15) is 23.5 Å². The number of carbonyl (C=O) groups excluding carboxylic acids is 1. The summed E-state index contributed by atoms with van der Waals surface area (Å²) in [6.07, 6.45) is -1.33. The molecule has 1 aliphatic heterocycles. The first-order valence-electron chi connectivity index (χ1n) is 15.4. The van der Waals surface area contributed by atoms with Gasteiger partial charge in [0.1, 0.15) is 5.75 Å². The molecule has 1 amide bonds. The van der Waals surface area contributed by atoms with Crippen molar-refractivity contribution in [2.24, 2.45) is 10.1 Å². The number of benzene rings is 4. The number of aliphatic hydroxyl groups excluding tert-OH is 1. The number of nitrogens with one attached hydrogen (secondary N) is 2. The van der Waals surface area contributed by atoms with E-state index in [1.54, 1.807) is 48.5 Å². The summed E-state index contributed by atoms with van der Waals surface area (Å²) in [6, 6.07) is 27.7. The van der Waals surface area contributed by atoms with Crippen molar-refractivity contribution >= 4 is 23.6 Å². The van der Waals surface area contributed by atoms with Crippen molar-refractivity contribution in [3.05, 3.63) is 147 Å². The van der Waals surface area contributed by atoms with Crippen LogP contribution in [0.2, 0.25) is 0 Å². The van der Waals surface area contributed by atoms with Gasteiger partial charge in [0.05, 0.1) is 12.2 Å². The molecule has 3 N–H and O–H groups in total. The van der Waals surface area contributed by atoms with E-state index in [0.29, 0.717) is 35.5 Å². The van der Waals surface area contributed by atoms with Gasteiger partial charge >= 0.3 is 6.18 Å². The fourth-order valence-corrected chi connectivity index (χ4v) is 5.23. The summed E-state index contributed by atoms with van der Waals surface area (Å²) in [5, 5.41) is 12.9. The Morgan fingerprint density at radius 1 is 1.02 bits per heavy atom. The topological polar surface area (TPSA) is 141 Å². The van der Waals surface area contributed by atoms with Crippen LogP contribution >= 0.6 is 0 Å². The fraction of sp³-hybridized carbons (Fsp3) is 0.222. The largest absolute Gasteiger partial charge is 0.494 e. The maximum Gasteiger partial charge on any atom is 0.416 e. The molecular weight excluding hydrogens is 637 g/mol. The Balaban J connectivity index is 1.51. The van der Waals surface area contributed by atoms with Gasteiger partial charge in [0.2, 0.25) is 5.90 Å². The number of aliphatic hydroxyl groups is 1. The maximum absolute atomic E-state index is 14.3. The number of rotatable bonds is 14. The zero-order valence-electron chi connectivity index (χ0n) is 26.2. The number of aliphatic imine (C=N–C) groups is 1. The average Bonchev–Trinajstić information content (AvgIpc) is 3.50. The Labute approximate surface area is 280 Å². The van der Waals surface area contributed by atoms with Crippen molar-refractivity contribution in [2.45, 2.75) is 37.2 Å². The molecule has 13 heteroatoms. The number of amides is 1. The van der Waals surface area contributed by atoms with Crippen molar-refractivity contribution < 1.29 is 32.5 Å². The van der Waals surface area contributed by atoms with Crippen LogP contribution in [0.3, 0.4) is 0 Å². The molecule has 4 aromatic carbocycles. The highest BCUT2D eigenvalue weighted by Gasteiger charge is 2.53. The van der Waals surface area contributed by atoms with Crippen molar-refractivity contribution in [3.8, 4) is 5.75 Å². The number of alkyl halides is 3. The summed E-state index contributed by atoms with van der Waals surface area (Å²) >= 11 is 0. The molecule has 0 spiro atoms. The second kappa shape index (κ2) is 16.0. The van der Waals surface area contributed by atoms with E-state index >= 15 is 0 Å².